The van der Waals surface area contributed by atoms with Crippen molar-refractivity contribution in [2.45, 2.75) is 25.6 Å². The molecule has 0 aliphatic heterocycles. The molecule has 4 heteroatoms. The van der Waals surface area contributed by atoms with Gasteiger partial charge in [0.1, 0.15) is 0 Å². The fraction of sp³-hybridized carbons (Fsp3) is 1.00. The van der Waals surface area contributed by atoms with E-state index in [-0.39, 0.29) is 5.92 Å². The highest BCUT2D eigenvalue weighted by Gasteiger charge is 2.49. The molecule has 1 aliphatic carbocycles. The Morgan fingerprint density at radius 3 is 2.11 bits per heavy atom. The first-order valence-corrected chi connectivity index (χ1v) is 3.25. The van der Waals surface area contributed by atoms with Gasteiger partial charge in [-0.25, -0.2) is 0 Å². The van der Waals surface area contributed by atoms with Gasteiger partial charge in [-0.05, 0) is 0 Å². The molecule has 0 bridgehead atoms. The Balaban J connectivity index is 2.33. The lowest BCUT2D eigenvalue weighted by molar-refractivity contribution is 0.458. The van der Waals surface area contributed by atoms with Crippen molar-refractivity contribution >= 4 is 6.98 Å². The van der Waals surface area contributed by atoms with Gasteiger partial charge in [0.15, 0.2) is 0 Å². The summed E-state index contributed by atoms with van der Waals surface area (Å²) in [5.41, 5.74) is 0. The maximum absolute atomic E-state index is 11.7. The summed E-state index contributed by atoms with van der Waals surface area (Å²) in [7, 11) is 0. The van der Waals surface area contributed by atoms with Gasteiger partial charge in [-0.15, -0.1) is 0 Å². The third kappa shape index (κ3) is 1.40. The molecule has 0 amide bonds. The molecule has 0 aromatic rings. The Bertz CT molecular complexity index is 109. The number of hydrogen-bond donors (Lipinski definition) is 0. The Morgan fingerprint density at radius 2 is 2.00 bits per heavy atom. The minimum atomic E-state index is -4.50. The third-order valence-electron chi connectivity index (χ3n) is 1.99. The monoisotopic (exact) mass is 137 g/mol. The van der Waals surface area contributed by atoms with Gasteiger partial charge in [0.2, 0.25) is 0 Å². The number of rotatable bonds is 2. The summed E-state index contributed by atoms with van der Waals surface area (Å²) in [5, 5.41) is 0. The molecule has 54 valence electrons. The van der Waals surface area contributed by atoms with Gasteiger partial charge in [0.25, 0.3) is 0 Å². The second kappa shape index (κ2) is 1.92. The predicted octanol–water partition coefficient (Wildman–Crippen LogP) is 2.63. The fourth-order valence-electron chi connectivity index (χ4n) is 1.20. The van der Waals surface area contributed by atoms with Gasteiger partial charge in [0.05, 0.1) is 0 Å². The maximum atomic E-state index is 11.7. The van der Waals surface area contributed by atoms with E-state index in [1.807, 2.05) is 6.92 Å². The van der Waals surface area contributed by atoms with E-state index in [0.29, 0.717) is 12.8 Å². The highest BCUT2D eigenvalue weighted by molar-refractivity contribution is 6.61. The minimum absolute atomic E-state index is 0.0370. The normalized spacial score (nSPS) is 34.7. The highest BCUT2D eigenvalue weighted by Crippen LogP contribution is 2.54. The molecule has 0 radical (unpaired) electrons. The molecule has 1 saturated carbocycles. The van der Waals surface area contributed by atoms with Crippen LogP contribution in [-0.4, -0.2) is 6.98 Å². The highest BCUT2D eigenvalue weighted by atomic mass is 19.4. The van der Waals surface area contributed by atoms with Crippen LogP contribution in [-0.2, 0) is 0 Å². The average Bonchev–Trinajstić information content (AvgIpc) is 2.39. The first kappa shape index (κ1) is 6.97. The summed E-state index contributed by atoms with van der Waals surface area (Å²) in [5.74, 6) is -0.944. The Morgan fingerprint density at radius 1 is 1.44 bits per heavy atom. The lowest BCUT2D eigenvalue weighted by atomic mass is 9.81. The molecular weight excluding hydrogens is 128 g/mol. The van der Waals surface area contributed by atoms with Gasteiger partial charge < -0.3 is 12.9 Å². The zero-order chi connectivity index (χ0) is 7.07. The van der Waals surface area contributed by atoms with E-state index < -0.39 is 12.8 Å². The summed E-state index contributed by atoms with van der Waals surface area (Å²) in [4.78, 5) is 0. The van der Waals surface area contributed by atoms with Crippen LogP contribution in [0.25, 0.3) is 0 Å². The molecule has 0 heterocycles. The zero-order valence-electron chi connectivity index (χ0n) is 5.28. The van der Waals surface area contributed by atoms with Crippen LogP contribution in [0.1, 0.15) is 19.8 Å². The third-order valence-corrected chi connectivity index (χ3v) is 1.99. The van der Waals surface area contributed by atoms with Crippen molar-refractivity contribution in [1.82, 2.24) is 0 Å². The van der Waals surface area contributed by atoms with Gasteiger partial charge >= 0.3 is 6.98 Å². The molecule has 1 aliphatic rings. The molecule has 2 atom stereocenters. The molecule has 0 unspecified atom stereocenters. The molecule has 0 spiro atoms. The van der Waals surface area contributed by atoms with Crippen molar-refractivity contribution in [3.8, 4) is 0 Å². The second-order valence-corrected chi connectivity index (χ2v) is 2.69. The molecule has 0 aromatic heterocycles. The lowest BCUT2D eigenvalue weighted by Crippen LogP contribution is -2.15. The van der Waals surface area contributed by atoms with Crippen LogP contribution in [0.5, 0.6) is 0 Å². The Hall–Kier alpha value is -0.145. The molecule has 9 heavy (non-hydrogen) atoms. The SMILES string of the molecule is CC[C@@H]1C[C@H]1[B-](F)(F)F. The van der Waals surface area contributed by atoms with E-state index >= 15 is 0 Å². The van der Waals surface area contributed by atoms with Crippen molar-refractivity contribution < 1.29 is 12.9 Å². The molecule has 1 fully saturated rings. The van der Waals surface area contributed by atoms with Gasteiger partial charge in [-0.1, -0.05) is 31.5 Å². The smallest absolute Gasteiger partial charge is 0.449 e. The molecular formula is C5H9BF3-. The van der Waals surface area contributed by atoms with E-state index in [1.165, 1.54) is 0 Å². The van der Waals surface area contributed by atoms with Gasteiger partial charge in [0, 0.05) is 0 Å². The largest absolute Gasteiger partial charge is 0.481 e. The molecule has 0 N–H and O–H groups in total. The molecule has 0 saturated heterocycles. The molecule has 0 nitrogen and oxygen atoms in total. The Labute approximate surface area is 52.5 Å². The lowest BCUT2D eigenvalue weighted by Gasteiger charge is -2.11. The fourth-order valence-corrected chi connectivity index (χ4v) is 1.20. The number of hydrogen-bond acceptors (Lipinski definition) is 0. The summed E-state index contributed by atoms with van der Waals surface area (Å²) in [6.45, 7) is -2.69. The first-order chi connectivity index (χ1) is 4.05. The van der Waals surface area contributed by atoms with Crippen LogP contribution in [0, 0.1) is 5.92 Å². The van der Waals surface area contributed by atoms with Crippen LogP contribution in [0.2, 0.25) is 5.82 Å². The van der Waals surface area contributed by atoms with Crippen molar-refractivity contribution in [3.63, 3.8) is 0 Å². The standard InChI is InChI=1S/C5H9BF3/c1-2-4-3-5(4)6(7,8)9/h4-5H,2-3H2,1H3/q-1/t4-,5-/m1/s1. The molecule has 1 rings (SSSR count). The van der Waals surface area contributed by atoms with Crippen molar-refractivity contribution in [2.75, 3.05) is 0 Å². The summed E-state index contributed by atoms with van der Waals surface area (Å²) < 4.78 is 35.2. The maximum Gasteiger partial charge on any atom is 0.481 e. The van der Waals surface area contributed by atoms with Gasteiger partial charge in [-0.2, -0.15) is 0 Å². The van der Waals surface area contributed by atoms with Crippen molar-refractivity contribution in [3.05, 3.63) is 0 Å². The Kier molecular flexibility index (Phi) is 1.49. The summed E-state index contributed by atoms with van der Waals surface area (Å²) >= 11 is 0. The van der Waals surface area contributed by atoms with Crippen LogP contribution >= 0.6 is 0 Å². The number of halogens is 3. The van der Waals surface area contributed by atoms with Crippen LogP contribution in [0.4, 0.5) is 12.9 Å². The van der Waals surface area contributed by atoms with E-state index in [9.17, 15) is 12.9 Å². The minimum Gasteiger partial charge on any atom is -0.449 e. The van der Waals surface area contributed by atoms with Crippen molar-refractivity contribution in [2.24, 2.45) is 5.92 Å². The van der Waals surface area contributed by atoms with E-state index in [2.05, 4.69) is 0 Å². The van der Waals surface area contributed by atoms with Crippen LogP contribution in [0.15, 0.2) is 0 Å². The quantitative estimate of drug-likeness (QED) is 0.513. The summed E-state index contributed by atoms with van der Waals surface area (Å²) in [6.07, 6.45) is 1.08. The zero-order valence-corrected chi connectivity index (χ0v) is 5.28. The van der Waals surface area contributed by atoms with E-state index in [4.69, 9.17) is 0 Å². The van der Waals surface area contributed by atoms with Crippen molar-refractivity contribution in [1.29, 1.82) is 0 Å². The second-order valence-electron chi connectivity index (χ2n) is 2.69. The predicted molar refractivity (Wildman–Crippen MR) is 31.2 cm³/mol. The van der Waals surface area contributed by atoms with Crippen LogP contribution < -0.4 is 0 Å². The first-order valence-electron chi connectivity index (χ1n) is 3.25. The summed E-state index contributed by atoms with van der Waals surface area (Å²) in [6, 6.07) is 0. The van der Waals surface area contributed by atoms with Crippen LogP contribution in [0.3, 0.4) is 0 Å². The topological polar surface area (TPSA) is 0 Å². The molecule has 0 aromatic carbocycles. The van der Waals surface area contributed by atoms with E-state index in [1.54, 1.807) is 0 Å². The average molecular weight is 137 g/mol. The van der Waals surface area contributed by atoms with E-state index in [0.717, 1.165) is 0 Å². The van der Waals surface area contributed by atoms with Gasteiger partial charge in [-0.3, -0.25) is 0 Å².